The number of halogens is 1. The summed E-state index contributed by atoms with van der Waals surface area (Å²) in [4.78, 5) is 0. The molecule has 0 amide bonds. The minimum Gasteiger partial charge on any atom is -0.376 e. The fraction of sp³-hybridized carbons (Fsp3) is 0.786. The molecule has 2 unspecified atom stereocenters. The summed E-state index contributed by atoms with van der Waals surface area (Å²) < 4.78 is 8.82. The molecule has 1 aromatic heterocycles. The lowest BCUT2D eigenvalue weighted by Crippen LogP contribution is -2.38. The number of aromatic nitrogens is 2. The fourth-order valence-corrected chi connectivity index (χ4v) is 3.75. The maximum absolute atomic E-state index is 6.49. The molecule has 0 aromatic carbocycles. The Morgan fingerprint density at radius 1 is 1.47 bits per heavy atom. The van der Waals surface area contributed by atoms with Gasteiger partial charge in [-0.2, -0.15) is 5.10 Å². The third-order valence-electron chi connectivity index (χ3n) is 4.08. The number of nitrogens with two attached hydrogens (primary N) is 1. The molecule has 19 heavy (non-hydrogen) atoms. The van der Waals surface area contributed by atoms with Crippen LogP contribution in [0.4, 0.5) is 0 Å². The van der Waals surface area contributed by atoms with E-state index in [2.05, 4.69) is 21.0 Å². The normalized spacial score (nSPS) is 20.4. The van der Waals surface area contributed by atoms with E-state index in [4.69, 9.17) is 10.5 Å². The summed E-state index contributed by atoms with van der Waals surface area (Å²) in [6.45, 7) is 2.76. The Bertz CT molecular complexity index is 382. The highest BCUT2D eigenvalue weighted by Gasteiger charge is 2.32. The van der Waals surface area contributed by atoms with Crippen LogP contribution in [0, 0.1) is 5.92 Å². The average Bonchev–Trinajstić information content (AvgIpc) is 2.76. The van der Waals surface area contributed by atoms with Gasteiger partial charge >= 0.3 is 0 Å². The molecule has 1 aliphatic carbocycles. The van der Waals surface area contributed by atoms with Gasteiger partial charge in [-0.15, -0.1) is 0 Å². The monoisotopic (exact) mass is 329 g/mol. The highest BCUT2D eigenvalue weighted by molar-refractivity contribution is 9.10. The van der Waals surface area contributed by atoms with Crippen molar-refractivity contribution in [1.82, 2.24) is 9.78 Å². The van der Waals surface area contributed by atoms with E-state index in [0.29, 0.717) is 12.5 Å². The van der Waals surface area contributed by atoms with E-state index < -0.39 is 0 Å². The SMILES string of the molecule is CCOC(C1CCCCC1)C(N)c1c(Br)cnn1C. The third kappa shape index (κ3) is 3.38. The van der Waals surface area contributed by atoms with Crippen molar-refractivity contribution < 1.29 is 4.74 Å². The van der Waals surface area contributed by atoms with Crippen molar-refractivity contribution in [3.63, 3.8) is 0 Å². The summed E-state index contributed by atoms with van der Waals surface area (Å²) in [7, 11) is 1.93. The number of hydrogen-bond acceptors (Lipinski definition) is 3. The number of nitrogens with zero attached hydrogens (tertiary/aromatic N) is 2. The molecule has 1 fully saturated rings. The number of aryl methyl sites for hydroxylation is 1. The minimum absolute atomic E-state index is 0.0944. The van der Waals surface area contributed by atoms with Crippen molar-refractivity contribution in [2.75, 3.05) is 6.61 Å². The predicted octanol–water partition coefficient (Wildman–Crippen LogP) is 3.17. The van der Waals surface area contributed by atoms with Gasteiger partial charge in [0.1, 0.15) is 0 Å². The Morgan fingerprint density at radius 3 is 2.68 bits per heavy atom. The van der Waals surface area contributed by atoms with Crippen molar-refractivity contribution in [3.05, 3.63) is 16.4 Å². The molecule has 108 valence electrons. The van der Waals surface area contributed by atoms with Gasteiger partial charge in [0.05, 0.1) is 28.5 Å². The van der Waals surface area contributed by atoms with Gasteiger partial charge in [0, 0.05) is 13.7 Å². The molecule has 1 aromatic rings. The van der Waals surface area contributed by atoms with Crippen LogP contribution in [0.1, 0.15) is 50.8 Å². The zero-order valence-corrected chi connectivity index (χ0v) is 13.4. The van der Waals surface area contributed by atoms with Gasteiger partial charge in [-0.3, -0.25) is 4.68 Å². The lowest BCUT2D eigenvalue weighted by Gasteiger charge is -2.34. The van der Waals surface area contributed by atoms with E-state index in [-0.39, 0.29) is 12.1 Å². The molecule has 0 saturated heterocycles. The van der Waals surface area contributed by atoms with Crippen molar-refractivity contribution in [1.29, 1.82) is 0 Å². The maximum atomic E-state index is 6.49. The molecule has 2 rings (SSSR count). The highest BCUT2D eigenvalue weighted by atomic mass is 79.9. The van der Waals surface area contributed by atoms with Crippen LogP contribution in [-0.4, -0.2) is 22.5 Å². The average molecular weight is 330 g/mol. The van der Waals surface area contributed by atoms with Crippen molar-refractivity contribution in [2.24, 2.45) is 18.7 Å². The van der Waals surface area contributed by atoms with Crippen molar-refractivity contribution >= 4 is 15.9 Å². The van der Waals surface area contributed by atoms with Gasteiger partial charge in [-0.1, -0.05) is 19.3 Å². The van der Waals surface area contributed by atoms with E-state index in [1.165, 1.54) is 32.1 Å². The van der Waals surface area contributed by atoms with Gasteiger partial charge in [0.2, 0.25) is 0 Å². The Morgan fingerprint density at radius 2 is 2.16 bits per heavy atom. The molecular weight excluding hydrogens is 306 g/mol. The molecule has 2 atom stereocenters. The van der Waals surface area contributed by atoms with E-state index in [0.717, 1.165) is 10.2 Å². The number of ether oxygens (including phenoxy) is 1. The molecular formula is C14H24BrN3O. The number of rotatable bonds is 5. The lowest BCUT2D eigenvalue weighted by molar-refractivity contribution is -0.0115. The summed E-state index contributed by atoms with van der Waals surface area (Å²) in [5.41, 5.74) is 7.52. The molecule has 1 aliphatic rings. The number of hydrogen-bond donors (Lipinski definition) is 1. The first-order chi connectivity index (χ1) is 9.15. The molecule has 4 nitrogen and oxygen atoms in total. The Hall–Kier alpha value is -0.390. The van der Waals surface area contributed by atoms with Crippen LogP contribution < -0.4 is 5.73 Å². The van der Waals surface area contributed by atoms with Crippen LogP contribution in [0.2, 0.25) is 0 Å². The van der Waals surface area contributed by atoms with Crippen LogP contribution in [0.5, 0.6) is 0 Å². The van der Waals surface area contributed by atoms with Crippen LogP contribution in [0.15, 0.2) is 10.7 Å². The molecule has 0 bridgehead atoms. The maximum Gasteiger partial charge on any atom is 0.0811 e. The van der Waals surface area contributed by atoms with E-state index in [9.17, 15) is 0 Å². The van der Waals surface area contributed by atoms with Crippen molar-refractivity contribution in [3.8, 4) is 0 Å². The summed E-state index contributed by atoms with van der Waals surface area (Å²) in [6, 6.07) is -0.120. The first-order valence-electron chi connectivity index (χ1n) is 7.19. The lowest BCUT2D eigenvalue weighted by atomic mass is 9.82. The second-order valence-electron chi connectivity index (χ2n) is 5.35. The summed E-state index contributed by atoms with van der Waals surface area (Å²) in [5, 5.41) is 4.26. The van der Waals surface area contributed by atoms with Crippen LogP contribution >= 0.6 is 15.9 Å². The van der Waals surface area contributed by atoms with Crippen LogP contribution in [-0.2, 0) is 11.8 Å². The van der Waals surface area contributed by atoms with E-state index in [1.54, 1.807) is 6.20 Å². The zero-order chi connectivity index (χ0) is 13.8. The zero-order valence-electron chi connectivity index (χ0n) is 11.8. The van der Waals surface area contributed by atoms with Crippen LogP contribution in [0.25, 0.3) is 0 Å². The summed E-state index contributed by atoms with van der Waals surface area (Å²) in [6.07, 6.45) is 8.30. The summed E-state index contributed by atoms with van der Waals surface area (Å²) in [5.74, 6) is 0.575. The molecule has 2 N–H and O–H groups in total. The highest BCUT2D eigenvalue weighted by Crippen LogP contribution is 2.35. The second kappa shape index (κ2) is 6.86. The van der Waals surface area contributed by atoms with Gasteiger partial charge in [-0.25, -0.2) is 0 Å². The molecule has 0 radical (unpaired) electrons. The Kier molecular flexibility index (Phi) is 5.42. The quantitative estimate of drug-likeness (QED) is 0.902. The third-order valence-corrected chi connectivity index (χ3v) is 4.69. The first-order valence-corrected chi connectivity index (χ1v) is 7.99. The topological polar surface area (TPSA) is 53.1 Å². The Labute approximate surface area is 123 Å². The van der Waals surface area contributed by atoms with E-state index >= 15 is 0 Å². The smallest absolute Gasteiger partial charge is 0.0811 e. The van der Waals surface area contributed by atoms with Gasteiger partial charge in [-0.05, 0) is 41.6 Å². The molecule has 1 saturated carbocycles. The van der Waals surface area contributed by atoms with Gasteiger partial charge in [0.25, 0.3) is 0 Å². The minimum atomic E-state index is -0.120. The molecule has 5 heteroatoms. The Balaban J connectivity index is 2.18. The predicted molar refractivity (Wildman–Crippen MR) is 79.8 cm³/mol. The molecule has 0 aliphatic heterocycles. The van der Waals surface area contributed by atoms with Crippen molar-refractivity contribution in [2.45, 2.75) is 51.2 Å². The molecule has 1 heterocycles. The fourth-order valence-electron chi connectivity index (χ4n) is 3.14. The van der Waals surface area contributed by atoms with Gasteiger partial charge in [0.15, 0.2) is 0 Å². The van der Waals surface area contributed by atoms with E-state index in [1.807, 2.05) is 18.7 Å². The van der Waals surface area contributed by atoms with Gasteiger partial charge < -0.3 is 10.5 Å². The molecule has 0 spiro atoms. The van der Waals surface area contributed by atoms with Crippen LogP contribution in [0.3, 0.4) is 0 Å². The summed E-state index contributed by atoms with van der Waals surface area (Å²) >= 11 is 3.54. The second-order valence-corrected chi connectivity index (χ2v) is 6.20. The first kappa shape index (κ1) is 15.0. The largest absolute Gasteiger partial charge is 0.376 e. The standard InChI is InChI=1S/C14H24BrN3O/c1-3-19-14(10-7-5-4-6-8-10)12(16)13-11(15)9-17-18(13)2/h9-10,12,14H,3-8,16H2,1-2H3.